The third-order valence-electron chi connectivity index (χ3n) is 7.53. The van der Waals surface area contributed by atoms with E-state index in [4.69, 9.17) is 9.51 Å². The molecule has 1 aromatic carbocycles. The quantitative estimate of drug-likeness (QED) is 0.757. The van der Waals surface area contributed by atoms with Crippen LogP contribution in [0.2, 0.25) is 0 Å². The number of aryl methyl sites for hydroxylation is 1. The Morgan fingerprint density at radius 3 is 2.34 bits per heavy atom. The average Bonchev–Trinajstić information content (AvgIpc) is 3.51. The maximum absolute atomic E-state index is 5.76. The minimum atomic E-state index is -0.0573. The molecular weight excluding hydrogens is 360 g/mol. The second-order valence-corrected chi connectivity index (χ2v) is 9.42. The van der Waals surface area contributed by atoms with Crippen molar-refractivity contribution in [3.05, 3.63) is 47.1 Å². The Morgan fingerprint density at radius 1 is 0.966 bits per heavy atom. The van der Waals surface area contributed by atoms with Crippen LogP contribution in [0.3, 0.4) is 0 Å². The normalized spacial score (nSPS) is 23.8. The number of rotatable bonds is 5. The highest BCUT2D eigenvalue weighted by atomic mass is 16.5. The average molecular weight is 395 g/mol. The van der Waals surface area contributed by atoms with Crippen LogP contribution in [-0.4, -0.2) is 52.2 Å². The standard InChI is InChI=1S/C24H34N4O/c1-19-6-8-20(9-7-19)24(12-2-3-13-24)23-25-22(29-26-23)18-27-16-10-21(11-17-27)28-14-4-5-15-28/h6-9,21H,2-5,10-18H2,1H3. The van der Waals surface area contributed by atoms with Crippen LogP contribution in [0.5, 0.6) is 0 Å². The molecule has 2 saturated heterocycles. The summed E-state index contributed by atoms with van der Waals surface area (Å²) in [5.74, 6) is 1.69. The monoisotopic (exact) mass is 394 g/mol. The molecule has 5 heteroatoms. The van der Waals surface area contributed by atoms with Gasteiger partial charge in [0.05, 0.1) is 12.0 Å². The molecule has 0 amide bonds. The third kappa shape index (κ3) is 3.87. The number of benzene rings is 1. The summed E-state index contributed by atoms with van der Waals surface area (Å²) >= 11 is 0. The lowest BCUT2D eigenvalue weighted by atomic mass is 9.78. The topological polar surface area (TPSA) is 45.4 Å². The van der Waals surface area contributed by atoms with E-state index >= 15 is 0 Å². The minimum absolute atomic E-state index is 0.0573. The highest BCUT2D eigenvalue weighted by Gasteiger charge is 2.41. The van der Waals surface area contributed by atoms with Gasteiger partial charge in [-0.15, -0.1) is 0 Å². The van der Waals surface area contributed by atoms with Crippen molar-refractivity contribution in [2.45, 2.75) is 76.3 Å². The van der Waals surface area contributed by atoms with Gasteiger partial charge in [0, 0.05) is 19.1 Å². The molecule has 1 aliphatic carbocycles. The van der Waals surface area contributed by atoms with Crippen LogP contribution in [0.15, 0.2) is 28.8 Å². The molecule has 0 spiro atoms. The van der Waals surface area contributed by atoms with Crippen molar-refractivity contribution < 1.29 is 4.52 Å². The van der Waals surface area contributed by atoms with Crippen molar-refractivity contribution in [2.24, 2.45) is 0 Å². The summed E-state index contributed by atoms with van der Waals surface area (Å²) in [6.07, 6.45) is 10.0. The van der Waals surface area contributed by atoms with E-state index in [1.54, 1.807) is 0 Å². The first-order valence-corrected chi connectivity index (χ1v) is 11.6. The van der Waals surface area contributed by atoms with Gasteiger partial charge < -0.3 is 9.42 Å². The van der Waals surface area contributed by atoms with Crippen LogP contribution in [-0.2, 0) is 12.0 Å². The fourth-order valence-corrected chi connectivity index (χ4v) is 5.75. The molecule has 156 valence electrons. The SMILES string of the molecule is Cc1ccc(C2(c3noc(CN4CCC(N5CCCC5)CC4)n3)CCCC2)cc1. The highest BCUT2D eigenvalue weighted by molar-refractivity contribution is 5.35. The number of hydrogen-bond acceptors (Lipinski definition) is 5. The molecule has 0 bridgehead atoms. The van der Waals surface area contributed by atoms with Crippen LogP contribution < -0.4 is 0 Å². The zero-order chi connectivity index (χ0) is 19.7. The molecule has 2 aliphatic heterocycles. The molecule has 2 aromatic rings. The van der Waals surface area contributed by atoms with Gasteiger partial charge >= 0.3 is 0 Å². The van der Waals surface area contributed by atoms with E-state index in [0.717, 1.165) is 50.2 Å². The van der Waals surface area contributed by atoms with Gasteiger partial charge in [0.15, 0.2) is 5.82 Å². The number of piperidine rings is 1. The van der Waals surface area contributed by atoms with E-state index in [9.17, 15) is 0 Å². The molecule has 0 unspecified atom stereocenters. The molecule has 29 heavy (non-hydrogen) atoms. The van der Waals surface area contributed by atoms with Crippen LogP contribution >= 0.6 is 0 Å². The van der Waals surface area contributed by atoms with E-state index < -0.39 is 0 Å². The molecule has 0 atom stereocenters. The molecule has 0 N–H and O–H groups in total. The fourth-order valence-electron chi connectivity index (χ4n) is 5.75. The van der Waals surface area contributed by atoms with Crippen LogP contribution in [0.25, 0.3) is 0 Å². The van der Waals surface area contributed by atoms with E-state index in [0.29, 0.717) is 0 Å². The van der Waals surface area contributed by atoms with Gasteiger partial charge in [0.25, 0.3) is 0 Å². The Balaban J connectivity index is 1.26. The maximum atomic E-state index is 5.76. The number of aromatic nitrogens is 2. The molecule has 5 rings (SSSR count). The Hall–Kier alpha value is -1.72. The summed E-state index contributed by atoms with van der Waals surface area (Å²) in [5.41, 5.74) is 2.59. The predicted octanol–water partition coefficient (Wildman–Crippen LogP) is 4.30. The van der Waals surface area contributed by atoms with Gasteiger partial charge in [-0.05, 0) is 64.1 Å². The molecule has 1 aromatic heterocycles. The summed E-state index contributed by atoms with van der Waals surface area (Å²) in [6, 6.07) is 9.73. The molecule has 3 aliphatic rings. The lowest BCUT2D eigenvalue weighted by molar-refractivity contribution is 0.114. The second kappa shape index (κ2) is 8.19. The molecule has 1 saturated carbocycles. The van der Waals surface area contributed by atoms with Gasteiger partial charge in [-0.1, -0.05) is 47.8 Å². The number of likely N-dealkylation sites (tertiary alicyclic amines) is 2. The van der Waals surface area contributed by atoms with E-state index in [1.165, 1.54) is 62.7 Å². The van der Waals surface area contributed by atoms with E-state index in [-0.39, 0.29) is 5.41 Å². The summed E-state index contributed by atoms with van der Waals surface area (Å²) in [4.78, 5) is 10.1. The Morgan fingerprint density at radius 2 is 1.66 bits per heavy atom. The zero-order valence-electron chi connectivity index (χ0n) is 17.8. The predicted molar refractivity (Wildman–Crippen MR) is 114 cm³/mol. The number of nitrogens with zero attached hydrogens (tertiary/aromatic N) is 4. The van der Waals surface area contributed by atoms with Gasteiger partial charge in [0.2, 0.25) is 5.89 Å². The summed E-state index contributed by atoms with van der Waals surface area (Å²) in [7, 11) is 0. The Labute approximate surface area is 174 Å². The molecular formula is C24H34N4O. The van der Waals surface area contributed by atoms with Crippen LogP contribution in [0.4, 0.5) is 0 Å². The lowest BCUT2D eigenvalue weighted by Gasteiger charge is -2.36. The lowest BCUT2D eigenvalue weighted by Crippen LogP contribution is -2.43. The smallest absolute Gasteiger partial charge is 0.240 e. The van der Waals surface area contributed by atoms with Crippen LogP contribution in [0, 0.1) is 6.92 Å². The van der Waals surface area contributed by atoms with Crippen molar-refractivity contribution >= 4 is 0 Å². The first kappa shape index (κ1) is 19.3. The first-order chi connectivity index (χ1) is 14.2. The fraction of sp³-hybridized carbons (Fsp3) is 0.667. The van der Waals surface area contributed by atoms with Gasteiger partial charge in [0.1, 0.15) is 0 Å². The minimum Gasteiger partial charge on any atom is -0.338 e. The summed E-state index contributed by atoms with van der Waals surface area (Å²) in [5, 5.41) is 4.49. The largest absolute Gasteiger partial charge is 0.338 e. The number of hydrogen-bond donors (Lipinski definition) is 0. The van der Waals surface area contributed by atoms with Gasteiger partial charge in [-0.2, -0.15) is 4.98 Å². The first-order valence-electron chi connectivity index (χ1n) is 11.6. The Kier molecular flexibility index (Phi) is 5.44. The molecule has 5 nitrogen and oxygen atoms in total. The van der Waals surface area contributed by atoms with Crippen molar-refractivity contribution in [3.63, 3.8) is 0 Å². The zero-order valence-corrected chi connectivity index (χ0v) is 17.8. The van der Waals surface area contributed by atoms with Crippen molar-refractivity contribution in [2.75, 3.05) is 26.2 Å². The van der Waals surface area contributed by atoms with Crippen molar-refractivity contribution in [3.8, 4) is 0 Å². The summed E-state index contributed by atoms with van der Waals surface area (Å²) in [6.45, 7) is 7.83. The van der Waals surface area contributed by atoms with Gasteiger partial charge in [-0.3, -0.25) is 4.90 Å². The van der Waals surface area contributed by atoms with Crippen molar-refractivity contribution in [1.82, 2.24) is 19.9 Å². The Bertz CT molecular complexity index is 795. The van der Waals surface area contributed by atoms with E-state index in [1.807, 2.05) is 0 Å². The molecule has 0 radical (unpaired) electrons. The second-order valence-electron chi connectivity index (χ2n) is 9.42. The van der Waals surface area contributed by atoms with Gasteiger partial charge in [-0.25, -0.2) is 0 Å². The molecule has 3 heterocycles. The van der Waals surface area contributed by atoms with Crippen LogP contribution in [0.1, 0.15) is 74.2 Å². The third-order valence-corrected chi connectivity index (χ3v) is 7.53. The summed E-state index contributed by atoms with van der Waals surface area (Å²) < 4.78 is 5.76. The molecule has 3 fully saturated rings. The maximum Gasteiger partial charge on any atom is 0.240 e. The van der Waals surface area contributed by atoms with Crippen molar-refractivity contribution in [1.29, 1.82) is 0 Å². The van der Waals surface area contributed by atoms with E-state index in [2.05, 4.69) is 46.1 Å². The highest BCUT2D eigenvalue weighted by Crippen LogP contribution is 2.45.